The van der Waals surface area contributed by atoms with Crippen molar-refractivity contribution in [1.82, 2.24) is 30.2 Å². The van der Waals surface area contributed by atoms with Gasteiger partial charge in [-0.05, 0) is 78.7 Å². The predicted octanol–water partition coefficient (Wildman–Crippen LogP) is 14.5. The summed E-state index contributed by atoms with van der Waals surface area (Å²) in [7, 11) is 8.14. The highest BCUT2D eigenvalue weighted by atomic mass is 16.2. The Morgan fingerprint density at radius 1 is 0.324 bits per heavy atom. The van der Waals surface area contributed by atoms with Crippen LogP contribution in [0.15, 0.2) is 0 Å². The van der Waals surface area contributed by atoms with Crippen LogP contribution in [0.2, 0.25) is 0 Å². The molecule has 0 spiro atoms. The van der Waals surface area contributed by atoms with E-state index in [1.54, 1.807) is 0 Å². The number of carbonyl (C=O) groups excluding carboxylic acids is 4. The summed E-state index contributed by atoms with van der Waals surface area (Å²) in [6.07, 6.45) is 44.3. The smallest absolute Gasteiger partial charge is 0.243 e. The molecule has 0 aromatic heterocycles. The van der Waals surface area contributed by atoms with Crippen molar-refractivity contribution < 1.29 is 19.2 Å². The fourth-order valence-corrected chi connectivity index (χ4v) is 10.1. The summed E-state index contributed by atoms with van der Waals surface area (Å²) in [5.41, 5.74) is 0. The highest BCUT2D eigenvalue weighted by molar-refractivity contribution is 5.88. The van der Waals surface area contributed by atoms with Gasteiger partial charge >= 0.3 is 0 Å². The van der Waals surface area contributed by atoms with E-state index < -0.39 is 12.1 Å². The number of nitrogens with zero attached hydrogens (tertiary/aromatic N) is 4. The van der Waals surface area contributed by atoms with Crippen LogP contribution in [-0.4, -0.2) is 123 Å². The molecule has 0 radical (unpaired) electrons. The average molecular weight is 1000 g/mol. The molecule has 0 bridgehead atoms. The molecule has 0 aromatic carbocycles. The van der Waals surface area contributed by atoms with Crippen molar-refractivity contribution in [2.24, 2.45) is 11.8 Å². The van der Waals surface area contributed by atoms with Crippen molar-refractivity contribution in [3.8, 4) is 0 Å². The molecule has 4 amide bonds. The highest BCUT2D eigenvalue weighted by Crippen LogP contribution is 2.20. The molecule has 10 heteroatoms. The Labute approximate surface area is 441 Å². The first-order chi connectivity index (χ1) is 34.3. The van der Waals surface area contributed by atoms with Crippen molar-refractivity contribution in [1.29, 1.82) is 0 Å². The van der Waals surface area contributed by atoms with Crippen molar-refractivity contribution in [3.63, 3.8) is 0 Å². The molecule has 0 rings (SSSR count). The minimum Gasteiger partial charge on any atom is -0.354 e. The zero-order valence-corrected chi connectivity index (χ0v) is 49.1. The van der Waals surface area contributed by atoms with Crippen LogP contribution in [-0.2, 0) is 19.2 Å². The number of hydrogen-bond donors (Lipinski definition) is 2. The lowest BCUT2D eigenvalue weighted by molar-refractivity contribution is -0.142. The van der Waals surface area contributed by atoms with Gasteiger partial charge in [0, 0.05) is 45.6 Å². The Kier molecular flexibility index (Phi) is 47.2. The lowest BCUT2D eigenvalue weighted by Crippen LogP contribution is -2.54. The van der Waals surface area contributed by atoms with Crippen LogP contribution in [0.1, 0.15) is 279 Å². The summed E-state index contributed by atoms with van der Waals surface area (Å²) in [5.74, 6) is 0.126. The van der Waals surface area contributed by atoms with Crippen LogP contribution in [0, 0.1) is 11.8 Å². The Morgan fingerprint density at radius 3 is 0.873 bits per heavy atom. The Bertz CT molecular complexity index is 1240. The van der Waals surface area contributed by atoms with Crippen LogP contribution in [0.4, 0.5) is 0 Å². The standard InChI is InChI=1S/C61H122N6O4/c1-11-13-15-17-19-21-23-25-27-29-31-33-35-37-41-46-56(68)66(51-45-50-64(7)8)58(54(3)4)60(70)62-48-43-39-40-44-49-63-61(71)59(55(5)6)67(53-52-65(9)10)57(69)47-42-38-36-34-32-30-28-26-24-22-20-18-16-14-12-2/h54-55,58-59H,11-53H2,1-10H3,(H,62,70)(H,63,71). The van der Waals surface area contributed by atoms with Gasteiger partial charge in [-0.1, -0.05) is 234 Å². The van der Waals surface area contributed by atoms with E-state index in [4.69, 9.17) is 0 Å². The molecule has 0 aliphatic heterocycles. The molecule has 0 saturated carbocycles. The van der Waals surface area contributed by atoms with Gasteiger partial charge in [0.15, 0.2) is 0 Å². The minimum absolute atomic E-state index is 0.00794. The van der Waals surface area contributed by atoms with E-state index in [9.17, 15) is 19.2 Å². The van der Waals surface area contributed by atoms with E-state index in [1.807, 2.05) is 37.7 Å². The molecule has 10 nitrogen and oxygen atoms in total. The molecule has 71 heavy (non-hydrogen) atoms. The number of hydrogen-bond acceptors (Lipinski definition) is 6. The van der Waals surface area contributed by atoms with Crippen LogP contribution >= 0.6 is 0 Å². The SMILES string of the molecule is CCCCCCCCCCCCCCCCCC(=O)N(CCCN(C)C)C(C(=O)NCCCCCCNC(=O)C(C(C)C)N(CCN(C)C)C(=O)CCCCCCCCCCCCCCCCC)C(C)C. The molecule has 0 aromatic rings. The normalized spacial score (nSPS) is 12.6. The topological polar surface area (TPSA) is 105 Å². The largest absolute Gasteiger partial charge is 0.354 e. The van der Waals surface area contributed by atoms with E-state index in [0.717, 1.165) is 70.9 Å². The maximum atomic E-state index is 13.8. The first-order valence-corrected chi connectivity index (χ1v) is 30.7. The van der Waals surface area contributed by atoms with E-state index in [0.29, 0.717) is 39.0 Å². The fraction of sp³-hybridized carbons (Fsp3) is 0.934. The second-order valence-corrected chi connectivity index (χ2v) is 22.9. The molecular weight excluding hydrogens is 881 g/mol. The predicted molar refractivity (Wildman–Crippen MR) is 306 cm³/mol. The molecular formula is C61H122N6O4. The van der Waals surface area contributed by atoms with Crippen LogP contribution in [0.25, 0.3) is 0 Å². The summed E-state index contributed by atoms with van der Waals surface area (Å²) in [5, 5.41) is 6.37. The molecule has 2 unspecified atom stereocenters. The van der Waals surface area contributed by atoms with E-state index in [-0.39, 0.29) is 35.5 Å². The molecule has 0 heterocycles. The second-order valence-electron chi connectivity index (χ2n) is 22.9. The Balaban J connectivity index is 4.76. The van der Waals surface area contributed by atoms with E-state index in [1.165, 1.54) is 167 Å². The summed E-state index contributed by atoms with van der Waals surface area (Å²) >= 11 is 0. The maximum absolute atomic E-state index is 13.8. The van der Waals surface area contributed by atoms with Gasteiger partial charge in [-0.25, -0.2) is 0 Å². The molecule has 0 saturated heterocycles. The van der Waals surface area contributed by atoms with E-state index >= 15 is 0 Å². The van der Waals surface area contributed by atoms with Gasteiger partial charge in [-0.15, -0.1) is 0 Å². The van der Waals surface area contributed by atoms with Crippen LogP contribution in [0.5, 0.6) is 0 Å². The third kappa shape index (κ3) is 39.9. The van der Waals surface area contributed by atoms with Gasteiger partial charge in [0.2, 0.25) is 23.6 Å². The molecule has 2 N–H and O–H groups in total. The number of nitrogens with one attached hydrogen (secondary N) is 2. The van der Waals surface area contributed by atoms with Crippen molar-refractivity contribution >= 4 is 23.6 Å². The second kappa shape index (κ2) is 48.7. The minimum atomic E-state index is -0.485. The van der Waals surface area contributed by atoms with Gasteiger partial charge in [0.25, 0.3) is 0 Å². The molecule has 0 fully saturated rings. The average Bonchev–Trinajstić information content (AvgIpc) is 3.32. The van der Waals surface area contributed by atoms with Crippen molar-refractivity contribution in [2.45, 2.75) is 291 Å². The van der Waals surface area contributed by atoms with Crippen LogP contribution in [0.3, 0.4) is 0 Å². The van der Waals surface area contributed by atoms with E-state index in [2.05, 4.69) is 62.2 Å². The molecule has 0 aliphatic carbocycles. The third-order valence-corrected chi connectivity index (χ3v) is 14.6. The number of carbonyl (C=O) groups is 4. The fourth-order valence-electron chi connectivity index (χ4n) is 10.1. The number of likely N-dealkylation sites (N-methyl/N-ethyl adjacent to an activating group) is 1. The lowest BCUT2D eigenvalue weighted by Gasteiger charge is -2.34. The number of amides is 4. The van der Waals surface area contributed by atoms with Gasteiger partial charge in [-0.3, -0.25) is 19.2 Å². The van der Waals surface area contributed by atoms with Crippen molar-refractivity contribution in [3.05, 3.63) is 0 Å². The summed E-state index contributed by atoms with van der Waals surface area (Å²) in [6.45, 7) is 16.7. The van der Waals surface area contributed by atoms with Crippen LogP contribution < -0.4 is 10.6 Å². The first kappa shape index (κ1) is 68.8. The molecule has 420 valence electrons. The zero-order valence-electron chi connectivity index (χ0n) is 49.1. The van der Waals surface area contributed by atoms with Gasteiger partial charge in [0.1, 0.15) is 12.1 Å². The summed E-state index contributed by atoms with van der Waals surface area (Å²) in [6, 6.07) is -0.959. The first-order valence-electron chi connectivity index (χ1n) is 30.7. The lowest BCUT2D eigenvalue weighted by atomic mass is 9.99. The molecule has 2 atom stereocenters. The van der Waals surface area contributed by atoms with Gasteiger partial charge in [0.05, 0.1) is 0 Å². The highest BCUT2D eigenvalue weighted by Gasteiger charge is 2.33. The Hall–Kier alpha value is -2.20. The monoisotopic (exact) mass is 1000 g/mol. The zero-order chi connectivity index (χ0) is 52.7. The quantitative estimate of drug-likeness (QED) is 0.0588. The summed E-state index contributed by atoms with van der Waals surface area (Å²) in [4.78, 5) is 62.9. The maximum Gasteiger partial charge on any atom is 0.243 e. The van der Waals surface area contributed by atoms with Gasteiger partial charge < -0.3 is 30.2 Å². The number of rotatable bonds is 52. The van der Waals surface area contributed by atoms with Crippen molar-refractivity contribution in [2.75, 3.05) is 67.5 Å². The molecule has 0 aliphatic rings. The van der Waals surface area contributed by atoms with Gasteiger partial charge in [-0.2, -0.15) is 0 Å². The number of unbranched alkanes of at least 4 members (excludes halogenated alkanes) is 31. The Morgan fingerprint density at radius 2 is 0.592 bits per heavy atom. The third-order valence-electron chi connectivity index (χ3n) is 14.6. The summed E-state index contributed by atoms with van der Waals surface area (Å²) < 4.78 is 0.